The van der Waals surface area contributed by atoms with Crippen molar-refractivity contribution in [3.63, 3.8) is 0 Å². The predicted molar refractivity (Wildman–Crippen MR) is 65.4 cm³/mol. The lowest BCUT2D eigenvalue weighted by Crippen LogP contribution is -2.38. The number of hydrogen-bond donors (Lipinski definition) is 1. The molecule has 0 aromatic carbocycles. The van der Waals surface area contributed by atoms with Crippen molar-refractivity contribution in [2.24, 2.45) is 5.92 Å². The molecule has 1 saturated heterocycles. The van der Waals surface area contributed by atoms with Gasteiger partial charge < -0.3 is 10.1 Å². The second kappa shape index (κ2) is 5.27. The minimum Gasteiger partial charge on any atom is -0.379 e. The summed E-state index contributed by atoms with van der Waals surface area (Å²) in [7, 11) is 0. The molecule has 0 aliphatic carbocycles. The summed E-state index contributed by atoms with van der Waals surface area (Å²) in [4.78, 5) is 12.9. The minimum absolute atomic E-state index is 0.0744. The van der Waals surface area contributed by atoms with Gasteiger partial charge in [-0.3, -0.25) is 4.79 Å². The molecule has 0 amide bonds. The maximum Gasteiger partial charge on any atom is 0.179 e. The molecule has 3 nitrogen and oxygen atoms in total. The van der Waals surface area contributed by atoms with E-state index in [0.717, 1.165) is 11.4 Å². The summed E-state index contributed by atoms with van der Waals surface area (Å²) in [6, 6.07) is 3.69. The van der Waals surface area contributed by atoms with Crippen LogP contribution < -0.4 is 5.32 Å². The molecule has 0 radical (unpaired) electrons. The van der Waals surface area contributed by atoms with E-state index in [2.05, 4.69) is 5.32 Å². The zero-order valence-corrected chi connectivity index (χ0v) is 10.6. The first-order valence-electron chi connectivity index (χ1n) is 5.33. The van der Waals surface area contributed by atoms with Crippen LogP contribution in [0.1, 0.15) is 16.6 Å². The molecule has 1 N–H and O–H groups in total. The standard InChI is InChI=1S/C11H14ClNO2S/c1-2-13-8-6-15-5-7(8)11(14)9-3-4-10(12)16-9/h3-4,7-8,13H,2,5-6H2,1H3. The SMILES string of the molecule is CCNC1COCC1C(=O)c1ccc(Cl)s1. The summed E-state index contributed by atoms with van der Waals surface area (Å²) in [5.41, 5.74) is 0. The predicted octanol–water partition coefficient (Wildman–Crippen LogP) is 2.21. The number of nitrogens with one attached hydrogen (secondary N) is 1. The summed E-state index contributed by atoms with van der Waals surface area (Å²) < 4.78 is 6.01. The van der Waals surface area contributed by atoms with Crippen molar-refractivity contribution in [2.75, 3.05) is 19.8 Å². The number of halogens is 1. The normalized spacial score (nSPS) is 24.9. The third-order valence-electron chi connectivity index (χ3n) is 2.70. The molecule has 1 aromatic heterocycles. The molecule has 16 heavy (non-hydrogen) atoms. The number of thiophene rings is 1. The van der Waals surface area contributed by atoms with E-state index in [1.807, 2.05) is 6.92 Å². The van der Waals surface area contributed by atoms with Gasteiger partial charge in [0, 0.05) is 6.04 Å². The summed E-state index contributed by atoms with van der Waals surface area (Å²) in [6.07, 6.45) is 0. The summed E-state index contributed by atoms with van der Waals surface area (Å²) in [5.74, 6) is 0.0648. The Morgan fingerprint density at radius 1 is 1.62 bits per heavy atom. The van der Waals surface area contributed by atoms with Gasteiger partial charge in [0.15, 0.2) is 5.78 Å². The van der Waals surface area contributed by atoms with E-state index < -0.39 is 0 Å². The van der Waals surface area contributed by atoms with Crippen LogP contribution in [0.15, 0.2) is 12.1 Å². The van der Waals surface area contributed by atoms with Gasteiger partial charge >= 0.3 is 0 Å². The van der Waals surface area contributed by atoms with Gasteiger partial charge in [0.2, 0.25) is 0 Å². The fraction of sp³-hybridized carbons (Fsp3) is 0.545. The number of Topliss-reactive ketones (excluding diaryl/α,β-unsaturated/α-hetero) is 1. The van der Waals surface area contributed by atoms with E-state index in [9.17, 15) is 4.79 Å². The van der Waals surface area contributed by atoms with Crippen LogP contribution in [0.2, 0.25) is 4.34 Å². The van der Waals surface area contributed by atoms with Crippen LogP contribution in [0, 0.1) is 5.92 Å². The van der Waals surface area contributed by atoms with Crippen LogP contribution >= 0.6 is 22.9 Å². The van der Waals surface area contributed by atoms with Crippen molar-refractivity contribution in [3.8, 4) is 0 Å². The summed E-state index contributed by atoms with van der Waals surface area (Å²) in [6.45, 7) is 4.00. The molecule has 2 unspecified atom stereocenters. The first kappa shape index (κ1) is 12.0. The van der Waals surface area contributed by atoms with Crippen LogP contribution in [0.25, 0.3) is 0 Å². The van der Waals surface area contributed by atoms with E-state index in [1.54, 1.807) is 12.1 Å². The van der Waals surface area contributed by atoms with Crippen LogP contribution in [-0.2, 0) is 4.74 Å². The largest absolute Gasteiger partial charge is 0.379 e. The Morgan fingerprint density at radius 3 is 3.06 bits per heavy atom. The van der Waals surface area contributed by atoms with Crippen LogP contribution in [0.3, 0.4) is 0 Å². The van der Waals surface area contributed by atoms with E-state index in [-0.39, 0.29) is 17.7 Å². The van der Waals surface area contributed by atoms with Gasteiger partial charge in [-0.2, -0.15) is 0 Å². The van der Waals surface area contributed by atoms with E-state index >= 15 is 0 Å². The third kappa shape index (κ3) is 2.46. The molecular weight excluding hydrogens is 246 g/mol. The fourth-order valence-electron chi connectivity index (χ4n) is 1.91. The highest BCUT2D eigenvalue weighted by atomic mass is 35.5. The number of ether oxygens (including phenoxy) is 1. The smallest absolute Gasteiger partial charge is 0.179 e. The van der Waals surface area contributed by atoms with Crippen LogP contribution in [0.4, 0.5) is 0 Å². The monoisotopic (exact) mass is 259 g/mol. The molecule has 2 rings (SSSR count). The van der Waals surface area contributed by atoms with Gasteiger partial charge in [-0.05, 0) is 18.7 Å². The molecule has 1 aliphatic rings. The molecule has 0 saturated carbocycles. The average molecular weight is 260 g/mol. The molecule has 5 heteroatoms. The lowest BCUT2D eigenvalue weighted by atomic mass is 9.97. The number of likely N-dealkylation sites (N-methyl/N-ethyl adjacent to an activating group) is 1. The molecule has 0 spiro atoms. The second-order valence-electron chi connectivity index (χ2n) is 3.78. The topological polar surface area (TPSA) is 38.3 Å². The van der Waals surface area contributed by atoms with Crippen LogP contribution in [-0.4, -0.2) is 31.6 Å². The second-order valence-corrected chi connectivity index (χ2v) is 5.49. The van der Waals surface area contributed by atoms with Gasteiger partial charge in [0.25, 0.3) is 0 Å². The molecule has 2 atom stereocenters. The van der Waals surface area contributed by atoms with E-state index in [1.165, 1.54) is 11.3 Å². The highest BCUT2D eigenvalue weighted by molar-refractivity contribution is 7.18. The molecular formula is C11H14ClNO2S. The van der Waals surface area contributed by atoms with Crippen molar-refractivity contribution in [2.45, 2.75) is 13.0 Å². The lowest BCUT2D eigenvalue weighted by Gasteiger charge is -2.16. The van der Waals surface area contributed by atoms with Gasteiger partial charge in [-0.25, -0.2) is 0 Å². The molecule has 2 heterocycles. The zero-order chi connectivity index (χ0) is 11.5. The van der Waals surface area contributed by atoms with Gasteiger partial charge in [-0.15, -0.1) is 11.3 Å². The molecule has 1 aliphatic heterocycles. The Bertz CT molecular complexity index is 380. The van der Waals surface area contributed by atoms with Crippen molar-refractivity contribution >= 4 is 28.7 Å². The highest BCUT2D eigenvalue weighted by Gasteiger charge is 2.34. The maximum absolute atomic E-state index is 12.2. The molecule has 1 fully saturated rings. The lowest BCUT2D eigenvalue weighted by molar-refractivity contribution is 0.0896. The molecule has 88 valence electrons. The van der Waals surface area contributed by atoms with Crippen molar-refractivity contribution in [1.29, 1.82) is 0 Å². The Morgan fingerprint density at radius 2 is 2.44 bits per heavy atom. The Hall–Kier alpha value is -0.420. The van der Waals surface area contributed by atoms with Crippen molar-refractivity contribution < 1.29 is 9.53 Å². The zero-order valence-electron chi connectivity index (χ0n) is 9.03. The van der Waals surface area contributed by atoms with Crippen molar-refractivity contribution in [3.05, 3.63) is 21.3 Å². The highest BCUT2D eigenvalue weighted by Crippen LogP contribution is 2.26. The minimum atomic E-state index is -0.0744. The van der Waals surface area contributed by atoms with Gasteiger partial charge in [0.1, 0.15) is 0 Å². The number of hydrogen-bond acceptors (Lipinski definition) is 4. The van der Waals surface area contributed by atoms with Crippen LogP contribution in [0.5, 0.6) is 0 Å². The van der Waals surface area contributed by atoms with Gasteiger partial charge in [0.05, 0.1) is 28.3 Å². The molecule has 1 aromatic rings. The fourth-order valence-corrected chi connectivity index (χ4v) is 2.95. The van der Waals surface area contributed by atoms with E-state index in [4.69, 9.17) is 16.3 Å². The third-order valence-corrected chi connectivity index (χ3v) is 3.95. The first-order valence-corrected chi connectivity index (χ1v) is 6.52. The van der Waals surface area contributed by atoms with Crippen molar-refractivity contribution in [1.82, 2.24) is 5.32 Å². The molecule has 0 bridgehead atoms. The number of rotatable bonds is 4. The number of carbonyl (C=O) groups excluding carboxylic acids is 1. The maximum atomic E-state index is 12.2. The quantitative estimate of drug-likeness (QED) is 0.843. The summed E-state index contributed by atoms with van der Waals surface area (Å²) in [5, 5.41) is 3.28. The Kier molecular flexibility index (Phi) is 3.97. The van der Waals surface area contributed by atoms with E-state index in [0.29, 0.717) is 17.6 Å². The Labute approximate surface area is 104 Å². The first-order chi connectivity index (χ1) is 7.72. The number of carbonyl (C=O) groups is 1. The number of ketones is 1. The summed E-state index contributed by atoms with van der Waals surface area (Å²) >= 11 is 7.16. The average Bonchev–Trinajstić information content (AvgIpc) is 2.87. The van der Waals surface area contributed by atoms with Gasteiger partial charge in [-0.1, -0.05) is 18.5 Å². The Balaban J connectivity index is 2.09.